The Bertz CT molecular complexity index is 693. The first-order valence-corrected chi connectivity index (χ1v) is 5.99. The van der Waals surface area contributed by atoms with E-state index in [1.807, 2.05) is 0 Å². The molecule has 0 saturated carbocycles. The monoisotopic (exact) mass is 297 g/mol. The molecule has 0 fully saturated rings. The Hall–Kier alpha value is -2.37. The van der Waals surface area contributed by atoms with Crippen molar-refractivity contribution in [1.82, 2.24) is 0 Å². The number of nitrogens with zero attached hydrogens (tertiary/aromatic N) is 1. The third kappa shape index (κ3) is 3.21. The van der Waals surface area contributed by atoms with E-state index in [2.05, 4.69) is 4.99 Å². The van der Waals surface area contributed by atoms with Gasteiger partial charge in [0.2, 0.25) is 0 Å². The molecule has 2 aromatic carbocycles. The first-order chi connectivity index (χ1) is 9.80. The first-order valence-electron chi connectivity index (χ1n) is 5.99. The van der Waals surface area contributed by atoms with Gasteiger partial charge in [-0.05, 0) is 30.7 Å². The summed E-state index contributed by atoms with van der Waals surface area (Å²) in [5.74, 6) is -1.48. The van der Waals surface area contributed by atoms with E-state index in [0.29, 0.717) is 17.2 Å². The lowest BCUT2D eigenvalue weighted by molar-refractivity contribution is -0.139. The Morgan fingerprint density at radius 2 is 1.76 bits per heavy atom. The van der Waals surface area contributed by atoms with E-state index in [9.17, 15) is 22.7 Å². The number of halogens is 4. The lowest BCUT2D eigenvalue weighted by atomic mass is 10.1. The number of rotatable bonds is 2. The number of phenolic OH excluding ortho intramolecular Hbond substituents is 1. The zero-order valence-electron chi connectivity index (χ0n) is 10.9. The van der Waals surface area contributed by atoms with Crippen LogP contribution in [-0.4, -0.2) is 11.3 Å². The Kier molecular flexibility index (Phi) is 3.97. The highest BCUT2D eigenvalue weighted by atomic mass is 19.4. The normalized spacial score (nSPS) is 12.0. The van der Waals surface area contributed by atoms with Crippen LogP contribution in [0.3, 0.4) is 0 Å². The molecule has 0 spiro atoms. The highest BCUT2D eigenvalue weighted by Gasteiger charge is 2.34. The molecule has 0 bridgehead atoms. The molecular weight excluding hydrogens is 286 g/mol. The summed E-state index contributed by atoms with van der Waals surface area (Å²) in [5, 5.41) is 9.76. The van der Waals surface area contributed by atoms with Crippen LogP contribution in [0.1, 0.15) is 16.7 Å². The number of hydrogen-bond donors (Lipinski definition) is 1. The van der Waals surface area contributed by atoms with Gasteiger partial charge in [0.05, 0.1) is 11.3 Å². The van der Waals surface area contributed by atoms with Crippen LogP contribution >= 0.6 is 0 Å². The molecule has 2 aromatic rings. The number of aliphatic imine (C=N–C) groups is 1. The van der Waals surface area contributed by atoms with Gasteiger partial charge in [-0.2, -0.15) is 13.2 Å². The molecule has 0 aliphatic heterocycles. The summed E-state index contributed by atoms with van der Waals surface area (Å²) in [6, 6.07) is 7.70. The minimum absolute atomic E-state index is 0.0476. The molecule has 0 unspecified atom stereocenters. The molecule has 0 atom stereocenters. The van der Waals surface area contributed by atoms with E-state index < -0.39 is 23.2 Å². The molecule has 0 aliphatic carbocycles. The van der Waals surface area contributed by atoms with Crippen LogP contribution < -0.4 is 0 Å². The Labute approximate surface area is 118 Å². The van der Waals surface area contributed by atoms with E-state index >= 15 is 0 Å². The Morgan fingerprint density at radius 1 is 1.10 bits per heavy atom. The van der Waals surface area contributed by atoms with Gasteiger partial charge in [0, 0.05) is 11.8 Å². The molecule has 0 radical (unpaired) electrons. The molecule has 0 aliphatic rings. The highest BCUT2D eigenvalue weighted by molar-refractivity contribution is 5.86. The van der Waals surface area contributed by atoms with Gasteiger partial charge in [0.1, 0.15) is 5.75 Å². The fraction of sp³-hybridized carbons (Fsp3) is 0.133. The number of benzene rings is 2. The summed E-state index contributed by atoms with van der Waals surface area (Å²) in [6.07, 6.45) is -3.65. The van der Waals surface area contributed by atoms with Crippen LogP contribution in [0.25, 0.3) is 0 Å². The summed E-state index contributed by atoms with van der Waals surface area (Å²) in [4.78, 5) is 3.69. The predicted molar refractivity (Wildman–Crippen MR) is 71.5 cm³/mol. The lowest BCUT2D eigenvalue weighted by Gasteiger charge is -2.08. The fourth-order valence-corrected chi connectivity index (χ4v) is 1.76. The SMILES string of the molecule is Cc1cccc(C=Nc2cccc(C(F)(F)F)c2F)c1O. The molecule has 0 amide bonds. The van der Waals surface area contributed by atoms with E-state index in [-0.39, 0.29) is 5.75 Å². The smallest absolute Gasteiger partial charge is 0.419 e. The van der Waals surface area contributed by atoms with Crippen molar-refractivity contribution in [1.29, 1.82) is 0 Å². The van der Waals surface area contributed by atoms with E-state index in [4.69, 9.17) is 0 Å². The summed E-state index contributed by atoms with van der Waals surface area (Å²) in [7, 11) is 0. The van der Waals surface area contributed by atoms with Crippen LogP contribution in [-0.2, 0) is 6.18 Å². The summed E-state index contributed by atoms with van der Waals surface area (Å²) < 4.78 is 51.5. The van der Waals surface area contributed by atoms with Crippen LogP contribution in [0, 0.1) is 12.7 Å². The van der Waals surface area contributed by atoms with Crippen molar-refractivity contribution in [2.24, 2.45) is 4.99 Å². The summed E-state index contributed by atoms with van der Waals surface area (Å²) in [6.45, 7) is 1.66. The van der Waals surface area contributed by atoms with Crippen LogP contribution in [0.15, 0.2) is 41.4 Å². The molecule has 2 rings (SSSR count). The molecule has 0 saturated heterocycles. The average Bonchev–Trinajstić information content (AvgIpc) is 2.40. The minimum atomic E-state index is -4.78. The van der Waals surface area contributed by atoms with Crippen molar-refractivity contribution in [3.63, 3.8) is 0 Å². The van der Waals surface area contributed by atoms with Gasteiger partial charge in [-0.25, -0.2) is 4.39 Å². The van der Waals surface area contributed by atoms with Gasteiger partial charge in [-0.3, -0.25) is 4.99 Å². The molecular formula is C15H11F4NO. The van der Waals surface area contributed by atoms with Crippen molar-refractivity contribution in [3.8, 4) is 5.75 Å². The molecule has 21 heavy (non-hydrogen) atoms. The van der Waals surface area contributed by atoms with Gasteiger partial charge in [-0.1, -0.05) is 18.2 Å². The zero-order chi connectivity index (χ0) is 15.6. The Morgan fingerprint density at radius 3 is 2.43 bits per heavy atom. The van der Waals surface area contributed by atoms with Gasteiger partial charge < -0.3 is 5.11 Å². The molecule has 0 aromatic heterocycles. The Balaban J connectivity index is 2.41. The number of aryl methyl sites for hydroxylation is 1. The molecule has 0 heterocycles. The summed E-state index contributed by atoms with van der Waals surface area (Å²) >= 11 is 0. The lowest BCUT2D eigenvalue weighted by Crippen LogP contribution is -2.07. The van der Waals surface area contributed by atoms with Gasteiger partial charge in [0.25, 0.3) is 0 Å². The number of para-hydroxylation sites is 1. The predicted octanol–water partition coefficient (Wildman–Crippen LogP) is 4.61. The number of aromatic hydroxyl groups is 1. The second-order valence-electron chi connectivity index (χ2n) is 4.41. The van der Waals surface area contributed by atoms with Crippen molar-refractivity contribution in [2.45, 2.75) is 13.1 Å². The standard InChI is InChI=1S/C15H11F4NO/c1-9-4-2-5-10(14(9)21)8-20-12-7-3-6-11(13(12)16)15(17,18)19/h2-8,21H,1H3. The highest BCUT2D eigenvalue weighted by Crippen LogP contribution is 2.34. The zero-order valence-corrected chi connectivity index (χ0v) is 10.9. The van der Waals surface area contributed by atoms with Crippen LogP contribution in [0.5, 0.6) is 5.75 Å². The maximum absolute atomic E-state index is 13.8. The largest absolute Gasteiger partial charge is 0.507 e. The summed E-state index contributed by atoms with van der Waals surface area (Å²) in [5.41, 5.74) is -0.924. The maximum atomic E-state index is 13.8. The maximum Gasteiger partial charge on any atom is 0.419 e. The number of phenols is 1. The molecule has 2 nitrogen and oxygen atoms in total. The fourth-order valence-electron chi connectivity index (χ4n) is 1.76. The van der Waals surface area contributed by atoms with Crippen molar-refractivity contribution in [3.05, 3.63) is 58.9 Å². The third-order valence-electron chi connectivity index (χ3n) is 2.90. The quantitative estimate of drug-likeness (QED) is 0.637. The van der Waals surface area contributed by atoms with Crippen molar-refractivity contribution < 1.29 is 22.7 Å². The van der Waals surface area contributed by atoms with Crippen LogP contribution in [0.2, 0.25) is 0 Å². The van der Waals surface area contributed by atoms with Gasteiger partial charge >= 0.3 is 6.18 Å². The molecule has 6 heteroatoms. The third-order valence-corrected chi connectivity index (χ3v) is 2.90. The van der Waals surface area contributed by atoms with Crippen molar-refractivity contribution >= 4 is 11.9 Å². The topological polar surface area (TPSA) is 32.6 Å². The average molecular weight is 297 g/mol. The second kappa shape index (κ2) is 5.55. The first kappa shape index (κ1) is 15.0. The van der Waals surface area contributed by atoms with Crippen LogP contribution in [0.4, 0.5) is 23.2 Å². The van der Waals surface area contributed by atoms with Crippen molar-refractivity contribution in [2.75, 3.05) is 0 Å². The van der Waals surface area contributed by atoms with Gasteiger partial charge in [0.15, 0.2) is 5.82 Å². The number of hydrogen-bond acceptors (Lipinski definition) is 2. The molecule has 110 valence electrons. The van der Waals surface area contributed by atoms with E-state index in [1.165, 1.54) is 6.07 Å². The number of alkyl halides is 3. The minimum Gasteiger partial charge on any atom is -0.507 e. The van der Waals surface area contributed by atoms with E-state index in [0.717, 1.165) is 18.3 Å². The second-order valence-corrected chi connectivity index (χ2v) is 4.41. The van der Waals surface area contributed by atoms with E-state index in [1.54, 1.807) is 19.1 Å². The molecule has 1 N–H and O–H groups in total. The van der Waals surface area contributed by atoms with Gasteiger partial charge in [-0.15, -0.1) is 0 Å².